The predicted octanol–water partition coefficient (Wildman–Crippen LogP) is 3.91. The topological polar surface area (TPSA) is 58.6 Å². The zero-order valence-electron chi connectivity index (χ0n) is 15.8. The maximum Gasteiger partial charge on any atom is 0.252 e. The van der Waals surface area contributed by atoms with Crippen LogP contribution in [-0.2, 0) is 20.7 Å². The second-order valence-corrected chi connectivity index (χ2v) is 7.52. The summed E-state index contributed by atoms with van der Waals surface area (Å²) >= 11 is 0. The minimum absolute atomic E-state index is 0.0331. The van der Waals surface area contributed by atoms with Crippen molar-refractivity contribution in [3.63, 3.8) is 0 Å². The number of methoxy groups -OCH3 is 1. The molecule has 0 spiro atoms. The Bertz CT molecular complexity index is 638. The highest BCUT2D eigenvalue weighted by Gasteiger charge is 2.23. The lowest BCUT2D eigenvalue weighted by Crippen LogP contribution is -2.37. The van der Waals surface area contributed by atoms with E-state index in [2.05, 4.69) is 5.32 Å². The Morgan fingerprint density at radius 2 is 2.00 bits per heavy atom. The van der Waals surface area contributed by atoms with Crippen molar-refractivity contribution in [2.24, 2.45) is 5.92 Å². The summed E-state index contributed by atoms with van der Waals surface area (Å²) in [5.41, 5.74) is 2.83. The monoisotopic (exact) mass is 358 g/mol. The fourth-order valence-electron chi connectivity index (χ4n) is 4.15. The molecule has 5 heteroatoms. The molecule has 0 aromatic heterocycles. The summed E-state index contributed by atoms with van der Waals surface area (Å²) in [6.07, 6.45) is 9.97. The Hall–Kier alpha value is -1.88. The fraction of sp³-hybridized carbons (Fsp3) is 0.619. The lowest BCUT2D eigenvalue weighted by molar-refractivity contribution is -0.122. The van der Waals surface area contributed by atoms with Crippen molar-refractivity contribution >= 4 is 23.2 Å². The number of hydrogen-bond acceptors (Lipinski definition) is 3. The molecular formula is C21H30N2O3. The van der Waals surface area contributed by atoms with E-state index in [1.165, 1.54) is 39.2 Å². The van der Waals surface area contributed by atoms with Crippen molar-refractivity contribution in [2.45, 2.75) is 57.8 Å². The number of anilines is 2. The largest absolute Gasteiger partial charge is 0.375 e. The van der Waals surface area contributed by atoms with Crippen LogP contribution in [0.25, 0.3) is 0 Å². The summed E-state index contributed by atoms with van der Waals surface area (Å²) in [4.78, 5) is 26.4. The minimum Gasteiger partial charge on any atom is -0.375 e. The van der Waals surface area contributed by atoms with E-state index in [-0.39, 0.29) is 18.4 Å². The van der Waals surface area contributed by atoms with Gasteiger partial charge in [-0.15, -0.1) is 0 Å². The highest BCUT2D eigenvalue weighted by Crippen LogP contribution is 2.31. The molecule has 2 aliphatic rings. The average molecular weight is 358 g/mol. The first-order valence-corrected chi connectivity index (χ1v) is 9.89. The van der Waals surface area contributed by atoms with Crippen LogP contribution in [-0.4, -0.2) is 32.1 Å². The van der Waals surface area contributed by atoms with E-state index >= 15 is 0 Å². The maximum absolute atomic E-state index is 12.3. The highest BCUT2D eigenvalue weighted by atomic mass is 16.5. The normalized spacial score (nSPS) is 17.7. The Balaban J connectivity index is 1.61. The van der Waals surface area contributed by atoms with Crippen LogP contribution in [0.5, 0.6) is 0 Å². The van der Waals surface area contributed by atoms with Crippen molar-refractivity contribution in [3.8, 4) is 0 Å². The molecule has 0 bridgehead atoms. The molecular weight excluding hydrogens is 328 g/mol. The molecule has 26 heavy (non-hydrogen) atoms. The summed E-state index contributed by atoms with van der Waals surface area (Å²) < 4.78 is 5.00. The van der Waals surface area contributed by atoms with Gasteiger partial charge in [-0.3, -0.25) is 9.59 Å². The molecule has 5 nitrogen and oxygen atoms in total. The molecule has 1 aromatic rings. The van der Waals surface area contributed by atoms with Gasteiger partial charge in [0.15, 0.2) is 0 Å². The second kappa shape index (κ2) is 9.17. The molecule has 0 unspecified atom stereocenters. The molecule has 1 saturated carbocycles. The Morgan fingerprint density at radius 1 is 1.19 bits per heavy atom. The summed E-state index contributed by atoms with van der Waals surface area (Å²) in [7, 11) is 1.53. The molecule has 0 atom stereocenters. The molecule has 1 heterocycles. The Morgan fingerprint density at radius 3 is 2.77 bits per heavy atom. The van der Waals surface area contributed by atoms with Gasteiger partial charge in [0.2, 0.25) is 5.91 Å². The van der Waals surface area contributed by atoms with Crippen LogP contribution < -0.4 is 10.2 Å². The van der Waals surface area contributed by atoms with Gasteiger partial charge in [0.25, 0.3) is 5.91 Å². The molecule has 1 N–H and O–H groups in total. The maximum atomic E-state index is 12.3. The fourth-order valence-corrected chi connectivity index (χ4v) is 4.15. The third-order valence-electron chi connectivity index (χ3n) is 5.56. The molecule has 2 amide bonds. The Kier molecular flexibility index (Phi) is 6.67. The second-order valence-electron chi connectivity index (χ2n) is 7.52. The first kappa shape index (κ1) is 18.9. The number of carbonyl (C=O) groups is 2. The molecule has 1 aliphatic carbocycles. The summed E-state index contributed by atoms with van der Waals surface area (Å²) in [6.45, 7) is 0.783. The van der Waals surface area contributed by atoms with Crippen molar-refractivity contribution in [1.29, 1.82) is 0 Å². The molecule has 1 aromatic carbocycles. The molecule has 0 radical (unpaired) electrons. The quantitative estimate of drug-likeness (QED) is 0.839. The number of rotatable bonds is 6. The van der Waals surface area contributed by atoms with Crippen LogP contribution in [0.15, 0.2) is 18.2 Å². The number of ether oxygens (including phenoxy) is 1. The molecule has 0 saturated heterocycles. The lowest BCUT2D eigenvalue weighted by atomic mass is 9.86. The predicted molar refractivity (Wildman–Crippen MR) is 103 cm³/mol. The van der Waals surface area contributed by atoms with Crippen LogP contribution in [0.1, 0.15) is 56.9 Å². The SMILES string of the molecule is COCC(=O)N1CCCc2ccc(NC(=O)CCC3CCCCC3)cc21. The van der Waals surface area contributed by atoms with Crippen molar-refractivity contribution in [3.05, 3.63) is 23.8 Å². The minimum atomic E-state index is -0.0331. The Labute approximate surface area is 156 Å². The number of aryl methyl sites for hydroxylation is 1. The third-order valence-corrected chi connectivity index (χ3v) is 5.56. The number of hydrogen-bond donors (Lipinski definition) is 1. The van der Waals surface area contributed by atoms with Crippen LogP contribution in [0.3, 0.4) is 0 Å². The van der Waals surface area contributed by atoms with Crippen LogP contribution in [0.2, 0.25) is 0 Å². The summed E-state index contributed by atoms with van der Waals surface area (Å²) in [6, 6.07) is 5.90. The van der Waals surface area contributed by atoms with Gasteiger partial charge < -0.3 is 15.0 Å². The molecule has 3 rings (SSSR count). The van der Waals surface area contributed by atoms with Gasteiger partial charge in [0.1, 0.15) is 6.61 Å². The number of benzene rings is 1. The molecule has 1 aliphatic heterocycles. The van der Waals surface area contributed by atoms with Gasteiger partial charge in [-0.1, -0.05) is 38.2 Å². The first-order valence-electron chi connectivity index (χ1n) is 9.89. The van der Waals surface area contributed by atoms with Gasteiger partial charge in [-0.05, 0) is 42.9 Å². The highest BCUT2D eigenvalue weighted by molar-refractivity contribution is 5.97. The molecule has 142 valence electrons. The van der Waals surface area contributed by atoms with Crippen molar-refractivity contribution in [1.82, 2.24) is 0 Å². The van der Waals surface area contributed by atoms with Crippen molar-refractivity contribution in [2.75, 3.05) is 30.5 Å². The van der Waals surface area contributed by atoms with Gasteiger partial charge in [0, 0.05) is 31.5 Å². The van der Waals surface area contributed by atoms with Crippen LogP contribution >= 0.6 is 0 Å². The number of carbonyl (C=O) groups excluding carboxylic acids is 2. The number of fused-ring (bicyclic) bond motifs is 1. The van der Waals surface area contributed by atoms with E-state index < -0.39 is 0 Å². The third kappa shape index (κ3) is 4.85. The first-order chi connectivity index (χ1) is 12.7. The van der Waals surface area contributed by atoms with Gasteiger partial charge in [-0.2, -0.15) is 0 Å². The number of nitrogens with one attached hydrogen (secondary N) is 1. The van der Waals surface area contributed by atoms with Crippen LogP contribution in [0, 0.1) is 5.92 Å². The van der Waals surface area contributed by atoms with Gasteiger partial charge >= 0.3 is 0 Å². The zero-order valence-corrected chi connectivity index (χ0v) is 15.8. The van der Waals surface area contributed by atoms with Gasteiger partial charge in [-0.25, -0.2) is 0 Å². The standard InChI is InChI=1S/C21H30N2O3/c1-26-15-21(25)23-13-5-8-17-10-11-18(14-19(17)23)22-20(24)12-9-16-6-3-2-4-7-16/h10-11,14,16H,2-9,12-13,15H2,1H3,(H,22,24). The van der Waals surface area contributed by atoms with E-state index in [1.54, 1.807) is 4.90 Å². The van der Waals surface area contributed by atoms with E-state index in [1.807, 2.05) is 18.2 Å². The number of nitrogens with zero attached hydrogens (tertiary/aromatic N) is 1. The zero-order chi connectivity index (χ0) is 18.4. The van der Waals surface area contributed by atoms with E-state index in [4.69, 9.17) is 4.74 Å². The van der Waals surface area contributed by atoms with Crippen LogP contribution in [0.4, 0.5) is 11.4 Å². The van der Waals surface area contributed by atoms with E-state index in [0.717, 1.165) is 36.2 Å². The average Bonchev–Trinajstić information content (AvgIpc) is 2.67. The molecule has 1 fully saturated rings. The lowest BCUT2D eigenvalue weighted by Gasteiger charge is -2.30. The smallest absolute Gasteiger partial charge is 0.252 e. The van der Waals surface area contributed by atoms with Crippen molar-refractivity contribution < 1.29 is 14.3 Å². The van der Waals surface area contributed by atoms with E-state index in [9.17, 15) is 9.59 Å². The van der Waals surface area contributed by atoms with Gasteiger partial charge in [0.05, 0.1) is 0 Å². The summed E-state index contributed by atoms with van der Waals surface area (Å²) in [5, 5.41) is 3.01. The summed E-state index contributed by atoms with van der Waals surface area (Å²) in [5.74, 6) is 0.746. The van der Waals surface area contributed by atoms with E-state index in [0.29, 0.717) is 18.9 Å². The number of amides is 2.